The van der Waals surface area contributed by atoms with Crippen LogP contribution in [0, 0.1) is 17.1 Å². The minimum Gasteiger partial charge on any atom is -0.486 e. The Bertz CT molecular complexity index is 647. The summed E-state index contributed by atoms with van der Waals surface area (Å²) in [7, 11) is 3.92. The lowest BCUT2D eigenvalue weighted by molar-refractivity contribution is 0.290. The Morgan fingerprint density at radius 1 is 1.20 bits per heavy atom. The van der Waals surface area contributed by atoms with Crippen LogP contribution in [0.2, 0.25) is 0 Å². The summed E-state index contributed by atoms with van der Waals surface area (Å²) in [5.41, 5.74) is 2.30. The van der Waals surface area contributed by atoms with Crippen LogP contribution in [0.15, 0.2) is 42.5 Å². The monoisotopic (exact) mass is 270 g/mol. The predicted octanol–water partition coefficient (Wildman–Crippen LogP) is 3.34. The minimum absolute atomic E-state index is 0.152. The molecule has 0 aliphatic heterocycles. The molecule has 0 unspecified atom stereocenters. The van der Waals surface area contributed by atoms with Gasteiger partial charge in [-0.05, 0) is 35.9 Å². The van der Waals surface area contributed by atoms with Gasteiger partial charge in [-0.2, -0.15) is 5.26 Å². The molecule has 2 aromatic rings. The number of anilines is 1. The molecule has 0 aliphatic carbocycles. The fourth-order valence-electron chi connectivity index (χ4n) is 1.77. The lowest BCUT2D eigenvalue weighted by atomic mass is 10.2. The highest BCUT2D eigenvalue weighted by molar-refractivity contribution is 5.47. The second kappa shape index (κ2) is 6.07. The molecule has 0 fully saturated rings. The summed E-state index contributed by atoms with van der Waals surface area (Å²) in [4.78, 5) is 1.99. The molecule has 0 aliphatic rings. The Balaban J connectivity index is 2.09. The highest BCUT2D eigenvalue weighted by Crippen LogP contribution is 2.20. The molecule has 0 radical (unpaired) electrons. The van der Waals surface area contributed by atoms with Crippen molar-refractivity contribution in [2.75, 3.05) is 19.0 Å². The fraction of sp³-hybridized carbons (Fsp3) is 0.188. The Morgan fingerprint density at radius 3 is 2.65 bits per heavy atom. The van der Waals surface area contributed by atoms with Crippen molar-refractivity contribution in [2.24, 2.45) is 0 Å². The van der Waals surface area contributed by atoms with Crippen LogP contribution in [0.25, 0.3) is 0 Å². The minimum atomic E-state index is -0.521. The van der Waals surface area contributed by atoms with Crippen molar-refractivity contribution in [2.45, 2.75) is 6.61 Å². The third-order valence-corrected chi connectivity index (χ3v) is 2.88. The maximum absolute atomic E-state index is 13.7. The first-order chi connectivity index (χ1) is 9.60. The molecule has 2 rings (SSSR count). The third kappa shape index (κ3) is 3.27. The van der Waals surface area contributed by atoms with E-state index in [1.54, 1.807) is 0 Å². The molecule has 20 heavy (non-hydrogen) atoms. The maximum Gasteiger partial charge on any atom is 0.166 e. The average molecular weight is 270 g/mol. The Labute approximate surface area is 117 Å². The molecular weight excluding hydrogens is 255 g/mol. The van der Waals surface area contributed by atoms with Crippen LogP contribution in [0.5, 0.6) is 5.75 Å². The molecule has 0 saturated heterocycles. The molecule has 0 amide bonds. The van der Waals surface area contributed by atoms with Crippen molar-refractivity contribution in [1.29, 1.82) is 5.26 Å². The molecule has 0 atom stereocenters. The number of rotatable bonds is 4. The van der Waals surface area contributed by atoms with Crippen LogP contribution >= 0.6 is 0 Å². The number of ether oxygens (including phenoxy) is 1. The van der Waals surface area contributed by atoms with Gasteiger partial charge in [0.1, 0.15) is 6.61 Å². The highest BCUT2D eigenvalue weighted by Gasteiger charge is 2.05. The van der Waals surface area contributed by atoms with Gasteiger partial charge in [0, 0.05) is 19.8 Å². The Kier molecular flexibility index (Phi) is 4.21. The van der Waals surface area contributed by atoms with Crippen molar-refractivity contribution in [3.63, 3.8) is 0 Å². The molecule has 4 heteroatoms. The number of hydrogen-bond acceptors (Lipinski definition) is 3. The summed E-state index contributed by atoms with van der Waals surface area (Å²) in [6, 6.07) is 13.9. The molecule has 2 aromatic carbocycles. The predicted molar refractivity (Wildman–Crippen MR) is 76.2 cm³/mol. The van der Waals surface area contributed by atoms with Gasteiger partial charge in [-0.3, -0.25) is 0 Å². The third-order valence-electron chi connectivity index (χ3n) is 2.88. The summed E-state index contributed by atoms with van der Waals surface area (Å²) in [5, 5.41) is 8.68. The molecule has 3 nitrogen and oxygen atoms in total. The normalized spacial score (nSPS) is 9.90. The average Bonchev–Trinajstić information content (AvgIpc) is 2.46. The topological polar surface area (TPSA) is 36.3 Å². The van der Waals surface area contributed by atoms with E-state index in [4.69, 9.17) is 10.00 Å². The smallest absolute Gasteiger partial charge is 0.166 e. The van der Waals surface area contributed by atoms with E-state index in [0.717, 1.165) is 11.3 Å². The van der Waals surface area contributed by atoms with E-state index in [-0.39, 0.29) is 17.9 Å². The molecule has 0 spiro atoms. The van der Waals surface area contributed by atoms with Crippen LogP contribution in [-0.2, 0) is 6.61 Å². The summed E-state index contributed by atoms with van der Waals surface area (Å²) in [6.45, 7) is 0.282. The van der Waals surface area contributed by atoms with Gasteiger partial charge in [0.15, 0.2) is 11.6 Å². The van der Waals surface area contributed by atoms with Gasteiger partial charge >= 0.3 is 0 Å². The van der Waals surface area contributed by atoms with E-state index in [9.17, 15) is 4.39 Å². The van der Waals surface area contributed by atoms with E-state index < -0.39 is 5.82 Å². The van der Waals surface area contributed by atoms with Crippen LogP contribution in [0.1, 0.15) is 11.1 Å². The van der Waals surface area contributed by atoms with Crippen molar-refractivity contribution in [3.8, 4) is 11.8 Å². The van der Waals surface area contributed by atoms with Crippen molar-refractivity contribution >= 4 is 5.69 Å². The zero-order valence-electron chi connectivity index (χ0n) is 11.4. The van der Waals surface area contributed by atoms with E-state index in [0.29, 0.717) is 0 Å². The summed E-state index contributed by atoms with van der Waals surface area (Å²) in [6.07, 6.45) is 0. The van der Waals surface area contributed by atoms with Gasteiger partial charge < -0.3 is 9.64 Å². The van der Waals surface area contributed by atoms with Gasteiger partial charge in [-0.25, -0.2) is 4.39 Å². The van der Waals surface area contributed by atoms with Crippen LogP contribution in [0.4, 0.5) is 10.1 Å². The number of nitriles is 1. The summed E-state index contributed by atoms with van der Waals surface area (Å²) >= 11 is 0. The first-order valence-electron chi connectivity index (χ1n) is 6.19. The molecule has 0 heterocycles. The second-order valence-corrected chi connectivity index (χ2v) is 4.61. The van der Waals surface area contributed by atoms with Gasteiger partial charge in [-0.1, -0.05) is 12.1 Å². The van der Waals surface area contributed by atoms with E-state index in [2.05, 4.69) is 0 Å². The van der Waals surface area contributed by atoms with Gasteiger partial charge in [-0.15, -0.1) is 0 Å². The van der Waals surface area contributed by atoms with Crippen LogP contribution < -0.4 is 9.64 Å². The quantitative estimate of drug-likeness (QED) is 0.855. The molecule has 0 saturated carbocycles. The first-order valence-corrected chi connectivity index (χ1v) is 6.19. The molecule has 0 bridgehead atoms. The molecular formula is C16H15FN2O. The van der Waals surface area contributed by atoms with E-state index in [1.165, 1.54) is 18.2 Å². The van der Waals surface area contributed by atoms with Gasteiger partial charge in [0.25, 0.3) is 0 Å². The van der Waals surface area contributed by atoms with Gasteiger partial charge in [0.05, 0.1) is 11.6 Å². The lowest BCUT2D eigenvalue weighted by Gasteiger charge is -2.14. The summed E-state index contributed by atoms with van der Waals surface area (Å²) < 4.78 is 19.1. The zero-order valence-corrected chi connectivity index (χ0v) is 11.4. The van der Waals surface area contributed by atoms with Crippen molar-refractivity contribution in [1.82, 2.24) is 0 Å². The Morgan fingerprint density at radius 2 is 2.00 bits per heavy atom. The van der Waals surface area contributed by atoms with Crippen molar-refractivity contribution < 1.29 is 9.13 Å². The maximum atomic E-state index is 13.7. The van der Waals surface area contributed by atoms with Crippen LogP contribution in [-0.4, -0.2) is 14.1 Å². The zero-order chi connectivity index (χ0) is 14.5. The van der Waals surface area contributed by atoms with E-state index >= 15 is 0 Å². The first kappa shape index (κ1) is 13.9. The fourth-order valence-corrected chi connectivity index (χ4v) is 1.77. The largest absolute Gasteiger partial charge is 0.486 e. The Hall–Kier alpha value is -2.54. The summed E-state index contributed by atoms with van der Waals surface area (Å²) in [5.74, 6) is -0.368. The highest BCUT2D eigenvalue weighted by atomic mass is 19.1. The van der Waals surface area contributed by atoms with Gasteiger partial charge in [0.2, 0.25) is 0 Å². The SMILES string of the molecule is CN(C)c1cccc(COc2ccc(C#N)cc2F)c1. The number of halogens is 1. The second-order valence-electron chi connectivity index (χ2n) is 4.61. The van der Waals surface area contributed by atoms with Crippen LogP contribution in [0.3, 0.4) is 0 Å². The lowest BCUT2D eigenvalue weighted by Crippen LogP contribution is -2.09. The van der Waals surface area contributed by atoms with Crippen molar-refractivity contribution in [3.05, 3.63) is 59.4 Å². The molecule has 102 valence electrons. The molecule has 0 aromatic heterocycles. The number of benzene rings is 2. The standard InChI is InChI=1S/C16H15FN2O/c1-19(2)14-5-3-4-13(8-14)11-20-16-7-6-12(10-18)9-15(16)17/h3-9H,11H2,1-2H3. The van der Waals surface area contributed by atoms with E-state index in [1.807, 2.05) is 49.3 Å². The number of hydrogen-bond donors (Lipinski definition) is 0. The number of nitrogens with zero attached hydrogens (tertiary/aromatic N) is 2. The molecule has 0 N–H and O–H groups in total.